The Morgan fingerprint density at radius 2 is 1.40 bits per heavy atom. The number of anilines is 1. The summed E-state index contributed by atoms with van der Waals surface area (Å²) >= 11 is 0. The number of ketones is 3. The number of carbonyl (C=O) groups is 4. The Labute approximate surface area is 255 Å². The van der Waals surface area contributed by atoms with Crippen molar-refractivity contribution < 1.29 is 37.1 Å². The fourth-order valence-corrected chi connectivity index (χ4v) is 7.19. The first-order valence-electron chi connectivity index (χ1n) is 14.3. The van der Waals surface area contributed by atoms with Gasteiger partial charge in [0.15, 0.2) is 17.3 Å². The lowest BCUT2D eigenvalue weighted by Gasteiger charge is -2.37. The molecule has 0 aromatic heterocycles. The third-order valence-corrected chi connectivity index (χ3v) is 8.98. The number of rotatable bonds is 4. The van der Waals surface area contributed by atoms with Gasteiger partial charge in [-0.3, -0.25) is 19.2 Å². The third-order valence-electron chi connectivity index (χ3n) is 8.98. The van der Waals surface area contributed by atoms with Gasteiger partial charge in [-0.15, -0.1) is 0 Å². The lowest BCUT2D eigenvalue weighted by molar-refractivity contribution is -0.137. The number of carbonyl (C=O) groups excluding carboxylic acids is 4. The smallest absolute Gasteiger partial charge is 0.416 e. The Bertz CT molecular complexity index is 1890. The van der Waals surface area contributed by atoms with Crippen LogP contribution in [-0.2, 0) is 11.0 Å². The number of nitrogens with zero attached hydrogens (tertiary/aromatic N) is 1. The van der Waals surface area contributed by atoms with Crippen LogP contribution >= 0.6 is 0 Å². The highest BCUT2D eigenvalue weighted by Gasteiger charge is 2.71. The van der Waals surface area contributed by atoms with Crippen molar-refractivity contribution in [1.82, 2.24) is 0 Å². The molecular weight excluding hydrogens is 583 g/mol. The molecule has 0 radical (unpaired) electrons. The normalized spacial score (nSPS) is 21.0. The van der Waals surface area contributed by atoms with Crippen molar-refractivity contribution in [2.45, 2.75) is 31.1 Å². The van der Waals surface area contributed by atoms with E-state index in [4.69, 9.17) is 4.74 Å². The van der Waals surface area contributed by atoms with Crippen LogP contribution < -0.4 is 9.64 Å². The summed E-state index contributed by atoms with van der Waals surface area (Å²) in [6, 6.07) is 21.9. The molecule has 3 aliphatic rings. The Kier molecular flexibility index (Phi) is 6.40. The number of esters is 1. The van der Waals surface area contributed by atoms with Gasteiger partial charge < -0.3 is 9.64 Å². The summed E-state index contributed by atoms with van der Waals surface area (Å²) in [5, 5.41) is 0. The number of hydrogen-bond acceptors (Lipinski definition) is 6. The van der Waals surface area contributed by atoms with Gasteiger partial charge in [-0.05, 0) is 53.6 Å². The van der Waals surface area contributed by atoms with Gasteiger partial charge in [0.25, 0.3) is 0 Å². The maximum Gasteiger partial charge on any atom is 0.416 e. The van der Waals surface area contributed by atoms with Gasteiger partial charge in [0.1, 0.15) is 17.2 Å². The Morgan fingerprint density at radius 1 is 0.800 bits per heavy atom. The zero-order chi connectivity index (χ0) is 31.7. The molecule has 0 saturated carbocycles. The van der Waals surface area contributed by atoms with Crippen LogP contribution in [0, 0.1) is 5.41 Å². The van der Waals surface area contributed by atoms with E-state index in [2.05, 4.69) is 0 Å². The zero-order valence-corrected chi connectivity index (χ0v) is 23.7. The molecule has 2 aliphatic heterocycles. The van der Waals surface area contributed by atoms with Crippen LogP contribution in [0.4, 0.5) is 18.9 Å². The molecule has 0 amide bonds. The summed E-state index contributed by atoms with van der Waals surface area (Å²) < 4.78 is 46.0. The Balaban J connectivity index is 1.48. The van der Waals surface area contributed by atoms with Crippen molar-refractivity contribution in [2.24, 2.45) is 5.41 Å². The molecular formula is C36H24F3NO5. The van der Waals surface area contributed by atoms with Gasteiger partial charge in [0, 0.05) is 35.2 Å². The van der Waals surface area contributed by atoms with Gasteiger partial charge in [-0.25, -0.2) is 0 Å². The van der Waals surface area contributed by atoms with Crippen LogP contribution in [0.25, 0.3) is 6.08 Å². The summed E-state index contributed by atoms with van der Waals surface area (Å²) in [5.41, 5.74) is -0.460. The number of ether oxygens (including phenoxy) is 1. The second kappa shape index (κ2) is 10.1. The maximum absolute atomic E-state index is 14.7. The summed E-state index contributed by atoms with van der Waals surface area (Å²) in [4.78, 5) is 57.2. The van der Waals surface area contributed by atoms with Gasteiger partial charge >= 0.3 is 12.1 Å². The lowest BCUT2D eigenvalue weighted by Crippen LogP contribution is -2.48. The van der Waals surface area contributed by atoms with E-state index in [9.17, 15) is 32.3 Å². The molecule has 2 heterocycles. The van der Waals surface area contributed by atoms with Crippen molar-refractivity contribution in [3.63, 3.8) is 0 Å². The number of fused-ring (bicyclic) bond motifs is 5. The lowest BCUT2D eigenvalue weighted by atomic mass is 9.64. The summed E-state index contributed by atoms with van der Waals surface area (Å²) in [6.07, 6.45) is -1.05. The minimum Gasteiger partial charge on any atom is -0.427 e. The molecule has 45 heavy (non-hydrogen) atoms. The van der Waals surface area contributed by atoms with Crippen molar-refractivity contribution >= 4 is 35.1 Å². The highest BCUT2D eigenvalue weighted by Crippen LogP contribution is 2.61. The van der Waals surface area contributed by atoms with Crippen molar-refractivity contribution in [2.75, 3.05) is 4.90 Å². The van der Waals surface area contributed by atoms with Gasteiger partial charge in [-0.2, -0.15) is 13.2 Å². The third kappa shape index (κ3) is 4.18. The molecule has 4 aromatic rings. The van der Waals surface area contributed by atoms with Crippen LogP contribution in [0.1, 0.15) is 60.6 Å². The number of Topliss-reactive ketones (excluding diaryl/α,β-unsaturated/α-hetero) is 3. The highest BCUT2D eigenvalue weighted by molar-refractivity contribution is 6.32. The maximum atomic E-state index is 14.7. The van der Waals surface area contributed by atoms with Crippen LogP contribution in [0.15, 0.2) is 103 Å². The SMILES string of the molecule is CC(=O)Oc1ccc(C(=O)[C@@H]2[C@H](c3ccc(C(F)(F)F)cc3)C3(C(=O)c4ccccc4C3=O)[C@@H]3C=Cc4ccccc4N23)cc1. The molecule has 1 fully saturated rings. The fourth-order valence-electron chi connectivity index (χ4n) is 7.19. The number of hydrogen-bond donors (Lipinski definition) is 0. The van der Waals surface area contributed by atoms with Crippen molar-refractivity contribution in [1.29, 1.82) is 0 Å². The van der Waals surface area contributed by atoms with E-state index < -0.39 is 58.5 Å². The van der Waals surface area contributed by atoms with E-state index in [0.29, 0.717) is 5.69 Å². The number of alkyl halides is 3. The number of benzene rings is 4. The van der Waals surface area contributed by atoms with E-state index in [-0.39, 0.29) is 28.0 Å². The molecule has 0 N–H and O–H groups in total. The van der Waals surface area contributed by atoms with Crippen molar-refractivity contribution in [3.05, 3.63) is 137 Å². The zero-order valence-electron chi connectivity index (χ0n) is 23.7. The van der Waals surface area contributed by atoms with E-state index >= 15 is 0 Å². The van der Waals surface area contributed by atoms with Crippen LogP contribution in [0.5, 0.6) is 5.75 Å². The van der Waals surface area contributed by atoms with Crippen LogP contribution in [0.2, 0.25) is 0 Å². The Morgan fingerprint density at radius 3 is 2.00 bits per heavy atom. The first kappa shape index (κ1) is 28.5. The summed E-state index contributed by atoms with van der Waals surface area (Å²) in [6.45, 7) is 1.25. The second-order valence-electron chi connectivity index (χ2n) is 11.4. The second-order valence-corrected chi connectivity index (χ2v) is 11.4. The van der Waals surface area contributed by atoms with Gasteiger partial charge in [0.2, 0.25) is 0 Å². The molecule has 7 rings (SSSR count). The predicted molar refractivity (Wildman–Crippen MR) is 159 cm³/mol. The first-order chi connectivity index (χ1) is 21.5. The summed E-state index contributed by atoms with van der Waals surface area (Å²) in [7, 11) is 0. The molecule has 224 valence electrons. The number of halogens is 3. The molecule has 3 atom stereocenters. The van der Waals surface area contributed by atoms with Crippen LogP contribution in [0.3, 0.4) is 0 Å². The minimum atomic E-state index is -4.61. The van der Waals surface area contributed by atoms with Gasteiger partial charge in [0.05, 0.1) is 11.6 Å². The van der Waals surface area contributed by atoms with E-state index in [1.807, 2.05) is 18.2 Å². The predicted octanol–water partition coefficient (Wildman–Crippen LogP) is 6.95. The molecule has 1 saturated heterocycles. The average molecular weight is 608 g/mol. The molecule has 4 aromatic carbocycles. The standard InChI is InChI=1S/C36H24F3NO5/c1-20(41)45-25-17-12-23(13-18-25)32(42)31-30(22-10-15-24(16-11-22)36(37,38)39)35(33(43)26-7-3-4-8-27(26)34(35)44)29-19-14-21-6-2-5-9-28(21)40(29)31/h2-19,29-31H,1H3/t29-,30-,31-/m0/s1. The van der Waals surface area contributed by atoms with Crippen molar-refractivity contribution in [3.8, 4) is 5.75 Å². The number of para-hydroxylation sites is 1. The van der Waals surface area contributed by atoms with E-state index in [0.717, 1.165) is 17.7 Å². The molecule has 9 heteroatoms. The molecule has 0 bridgehead atoms. The molecule has 6 nitrogen and oxygen atoms in total. The monoisotopic (exact) mass is 607 g/mol. The van der Waals surface area contributed by atoms with Crippen LogP contribution in [-0.4, -0.2) is 35.4 Å². The quantitative estimate of drug-likeness (QED) is 0.108. The first-order valence-corrected chi connectivity index (χ1v) is 14.3. The molecule has 0 unspecified atom stereocenters. The van der Waals surface area contributed by atoms with E-state index in [1.54, 1.807) is 47.4 Å². The molecule has 1 aliphatic carbocycles. The largest absolute Gasteiger partial charge is 0.427 e. The highest BCUT2D eigenvalue weighted by atomic mass is 19.4. The summed E-state index contributed by atoms with van der Waals surface area (Å²) in [5.74, 6) is -2.87. The average Bonchev–Trinajstić information content (AvgIpc) is 3.46. The Hall–Kier alpha value is -5.31. The van der Waals surface area contributed by atoms with E-state index in [1.165, 1.54) is 43.3 Å². The molecule has 1 spiro atoms. The fraction of sp³-hybridized carbons (Fsp3) is 0.167. The topological polar surface area (TPSA) is 80.8 Å². The minimum absolute atomic E-state index is 0.213. The van der Waals surface area contributed by atoms with Gasteiger partial charge in [-0.1, -0.05) is 66.7 Å².